The van der Waals surface area contributed by atoms with Gasteiger partial charge in [-0.25, -0.2) is 0 Å². The number of likely N-dealkylation sites (tertiary alicyclic amines) is 1. The topological polar surface area (TPSA) is 85.2 Å². The Kier molecular flexibility index (Phi) is 4.64. The van der Waals surface area contributed by atoms with Gasteiger partial charge >= 0.3 is 0 Å². The molecule has 0 radical (unpaired) electrons. The Morgan fingerprint density at radius 1 is 1.36 bits per heavy atom. The van der Waals surface area contributed by atoms with Gasteiger partial charge in [0.25, 0.3) is 11.8 Å². The lowest BCUT2D eigenvalue weighted by Gasteiger charge is -2.22. The number of hydrogen-bond donors (Lipinski definition) is 1. The molecule has 25 heavy (non-hydrogen) atoms. The zero-order valence-electron chi connectivity index (χ0n) is 15.3. The highest BCUT2D eigenvalue weighted by atomic mass is 16.5. The lowest BCUT2D eigenvalue weighted by atomic mass is 9.96. The molecule has 134 valence electrons. The highest BCUT2D eigenvalue weighted by molar-refractivity contribution is 6.00. The summed E-state index contributed by atoms with van der Waals surface area (Å²) >= 11 is 0. The predicted octanol–water partition coefficient (Wildman–Crippen LogP) is 2.84. The largest absolute Gasteiger partial charge is 0.336 e. The minimum absolute atomic E-state index is 0.00504. The van der Waals surface area contributed by atoms with E-state index < -0.39 is 0 Å². The normalized spacial score (nSPS) is 20.9. The molecule has 1 aliphatic rings. The molecule has 3 rings (SSSR count). The lowest BCUT2D eigenvalue weighted by Crippen LogP contribution is -2.34. The van der Waals surface area contributed by atoms with Crippen LogP contribution in [0.15, 0.2) is 28.8 Å². The highest BCUT2D eigenvalue weighted by Gasteiger charge is 2.33. The van der Waals surface area contributed by atoms with Gasteiger partial charge in [-0.2, -0.15) is 4.98 Å². The maximum Gasteiger partial charge on any atom is 0.258 e. The quantitative estimate of drug-likeness (QED) is 0.927. The SMILES string of the molecule is CC1CC(CN)CN1C(=O)c1ccccc1-c1nc(C(C)(C)C)no1. The molecule has 1 fully saturated rings. The van der Waals surface area contributed by atoms with E-state index in [1.54, 1.807) is 0 Å². The Labute approximate surface area is 148 Å². The van der Waals surface area contributed by atoms with Gasteiger partial charge in [-0.15, -0.1) is 0 Å². The first-order valence-corrected chi connectivity index (χ1v) is 8.76. The van der Waals surface area contributed by atoms with Gasteiger partial charge < -0.3 is 15.2 Å². The van der Waals surface area contributed by atoms with Crippen LogP contribution in [0.5, 0.6) is 0 Å². The summed E-state index contributed by atoms with van der Waals surface area (Å²) in [4.78, 5) is 19.5. The molecule has 0 saturated carbocycles. The molecule has 1 aromatic heterocycles. The number of rotatable bonds is 3. The summed E-state index contributed by atoms with van der Waals surface area (Å²) in [5.41, 5.74) is 6.85. The fourth-order valence-corrected chi connectivity index (χ4v) is 3.24. The van der Waals surface area contributed by atoms with Crippen LogP contribution in [0.25, 0.3) is 11.5 Å². The molecule has 1 aliphatic heterocycles. The fraction of sp³-hybridized carbons (Fsp3) is 0.526. The van der Waals surface area contributed by atoms with E-state index >= 15 is 0 Å². The molecule has 2 aromatic rings. The Morgan fingerprint density at radius 2 is 2.08 bits per heavy atom. The maximum atomic E-state index is 13.1. The van der Waals surface area contributed by atoms with E-state index in [1.807, 2.05) is 49.9 Å². The van der Waals surface area contributed by atoms with Crippen LogP contribution in [0, 0.1) is 5.92 Å². The molecule has 2 unspecified atom stereocenters. The van der Waals surface area contributed by atoms with Crippen molar-refractivity contribution in [3.8, 4) is 11.5 Å². The van der Waals surface area contributed by atoms with Crippen molar-refractivity contribution in [2.45, 2.75) is 45.6 Å². The zero-order valence-corrected chi connectivity index (χ0v) is 15.3. The molecule has 0 bridgehead atoms. The van der Waals surface area contributed by atoms with E-state index in [9.17, 15) is 4.79 Å². The first-order chi connectivity index (χ1) is 11.8. The first-order valence-electron chi connectivity index (χ1n) is 8.76. The monoisotopic (exact) mass is 342 g/mol. The van der Waals surface area contributed by atoms with Gasteiger partial charge in [-0.05, 0) is 37.9 Å². The number of amides is 1. The van der Waals surface area contributed by atoms with E-state index in [1.165, 1.54) is 0 Å². The number of nitrogens with two attached hydrogens (primary N) is 1. The van der Waals surface area contributed by atoms with Crippen molar-refractivity contribution in [3.05, 3.63) is 35.7 Å². The van der Waals surface area contributed by atoms with E-state index in [4.69, 9.17) is 10.3 Å². The third-order valence-electron chi connectivity index (χ3n) is 4.74. The van der Waals surface area contributed by atoms with Gasteiger partial charge in [0.05, 0.1) is 11.1 Å². The van der Waals surface area contributed by atoms with Crippen LogP contribution in [0.1, 0.15) is 50.3 Å². The molecule has 1 amide bonds. The number of nitrogens with zero attached hydrogens (tertiary/aromatic N) is 3. The average molecular weight is 342 g/mol. The van der Waals surface area contributed by atoms with E-state index in [-0.39, 0.29) is 17.4 Å². The molecule has 2 N–H and O–H groups in total. The van der Waals surface area contributed by atoms with Crippen LogP contribution >= 0.6 is 0 Å². The summed E-state index contributed by atoms with van der Waals surface area (Å²) in [5, 5.41) is 4.07. The molecule has 0 aliphatic carbocycles. The van der Waals surface area contributed by atoms with Crippen LogP contribution < -0.4 is 5.73 Å². The Hall–Kier alpha value is -2.21. The molecule has 6 nitrogen and oxygen atoms in total. The van der Waals surface area contributed by atoms with Crippen LogP contribution in [-0.2, 0) is 5.41 Å². The van der Waals surface area contributed by atoms with Gasteiger partial charge in [0.1, 0.15) is 0 Å². The van der Waals surface area contributed by atoms with Crippen molar-refractivity contribution in [2.24, 2.45) is 11.7 Å². The Morgan fingerprint density at radius 3 is 2.68 bits per heavy atom. The van der Waals surface area contributed by atoms with Crippen molar-refractivity contribution in [3.63, 3.8) is 0 Å². The number of carbonyl (C=O) groups is 1. The number of benzene rings is 1. The lowest BCUT2D eigenvalue weighted by molar-refractivity contribution is 0.0744. The van der Waals surface area contributed by atoms with Gasteiger partial charge in [0.15, 0.2) is 5.82 Å². The van der Waals surface area contributed by atoms with Gasteiger partial charge in [0.2, 0.25) is 0 Å². The van der Waals surface area contributed by atoms with Crippen molar-refractivity contribution < 1.29 is 9.32 Å². The third kappa shape index (κ3) is 3.44. The zero-order chi connectivity index (χ0) is 18.2. The Balaban J connectivity index is 1.94. The fourth-order valence-electron chi connectivity index (χ4n) is 3.24. The highest BCUT2D eigenvalue weighted by Crippen LogP contribution is 2.29. The number of carbonyl (C=O) groups excluding carboxylic acids is 1. The minimum atomic E-state index is -0.210. The third-order valence-corrected chi connectivity index (χ3v) is 4.74. The summed E-state index contributed by atoms with van der Waals surface area (Å²) in [6.07, 6.45) is 0.944. The van der Waals surface area contributed by atoms with E-state index in [2.05, 4.69) is 17.1 Å². The number of hydrogen-bond acceptors (Lipinski definition) is 5. The van der Waals surface area contributed by atoms with Crippen LogP contribution in [0.3, 0.4) is 0 Å². The summed E-state index contributed by atoms with van der Waals surface area (Å²) in [6, 6.07) is 7.60. The van der Waals surface area contributed by atoms with E-state index in [0.29, 0.717) is 41.8 Å². The second kappa shape index (κ2) is 6.59. The smallest absolute Gasteiger partial charge is 0.258 e. The van der Waals surface area contributed by atoms with Crippen molar-refractivity contribution in [2.75, 3.05) is 13.1 Å². The molecule has 0 spiro atoms. The molecule has 1 aromatic carbocycles. The molecule has 2 atom stereocenters. The van der Waals surface area contributed by atoms with Crippen molar-refractivity contribution >= 4 is 5.91 Å². The average Bonchev–Trinajstić information content (AvgIpc) is 3.20. The second-order valence-corrected chi connectivity index (χ2v) is 7.86. The maximum absolute atomic E-state index is 13.1. The van der Waals surface area contributed by atoms with Gasteiger partial charge in [-0.3, -0.25) is 4.79 Å². The number of aromatic nitrogens is 2. The van der Waals surface area contributed by atoms with Crippen LogP contribution in [0.2, 0.25) is 0 Å². The minimum Gasteiger partial charge on any atom is -0.336 e. The van der Waals surface area contributed by atoms with Crippen LogP contribution in [0.4, 0.5) is 0 Å². The summed E-state index contributed by atoms with van der Waals surface area (Å²) in [7, 11) is 0. The molecular formula is C19H26N4O2. The first kappa shape index (κ1) is 17.6. The van der Waals surface area contributed by atoms with Gasteiger partial charge in [0, 0.05) is 18.0 Å². The van der Waals surface area contributed by atoms with E-state index in [0.717, 1.165) is 6.42 Å². The summed E-state index contributed by atoms with van der Waals surface area (Å²) in [5.74, 6) is 1.37. The standard InChI is InChI=1S/C19H26N4O2/c1-12-9-13(10-20)11-23(12)17(24)15-8-6-5-7-14(15)16-21-18(22-25-16)19(2,3)4/h5-8,12-13H,9-11,20H2,1-4H3. The summed E-state index contributed by atoms with van der Waals surface area (Å²) < 4.78 is 5.45. The Bertz CT molecular complexity index is 763. The van der Waals surface area contributed by atoms with Crippen molar-refractivity contribution in [1.29, 1.82) is 0 Å². The van der Waals surface area contributed by atoms with Crippen LogP contribution in [-0.4, -0.2) is 40.1 Å². The molecule has 1 saturated heterocycles. The summed E-state index contributed by atoms with van der Waals surface area (Å²) in [6.45, 7) is 9.45. The molecule has 6 heteroatoms. The van der Waals surface area contributed by atoms with Gasteiger partial charge in [-0.1, -0.05) is 38.1 Å². The molecular weight excluding hydrogens is 316 g/mol. The predicted molar refractivity (Wildman–Crippen MR) is 96.1 cm³/mol. The van der Waals surface area contributed by atoms with Crippen molar-refractivity contribution in [1.82, 2.24) is 15.0 Å². The second-order valence-electron chi connectivity index (χ2n) is 7.86. The molecule has 2 heterocycles.